The summed E-state index contributed by atoms with van der Waals surface area (Å²) in [6.07, 6.45) is 0. The van der Waals surface area contributed by atoms with Crippen LogP contribution in [0.3, 0.4) is 0 Å². The Morgan fingerprint density at radius 2 is 2.00 bits per heavy atom. The standard InChI is InChI=1S/C14H16N2O4S/c1-20-14-6-5-12(21(15,18)19)8-13(14)16-9-10-3-2-4-11(17)7-10/h2-8,16-17H,9H2,1H3,(H2,15,18,19). The number of phenols is 1. The third kappa shape index (κ3) is 3.87. The zero-order chi connectivity index (χ0) is 15.5. The van der Waals surface area contributed by atoms with E-state index >= 15 is 0 Å². The van der Waals surface area contributed by atoms with Gasteiger partial charge in [-0.05, 0) is 35.9 Å². The van der Waals surface area contributed by atoms with Crippen molar-refractivity contribution in [2.75, 3.05) is 12.4 Å². The van der Waals surface area contributed by atoms with Crippen LogP contribution in [0.2, 0.25) is 0 Å². The first kappa shape index (κ1) is 15.1. The molecule has 0 aliphatic rings. The quantitative estimate of drug-likeness (QED) is 0.779. The van der Waals surface area contributed by atoms with Crippen LogP contribution in [0.25, 0.3) is 0 Å². The first-order chi connectivity index (χ1) is 9.90. The molecule has 0 aromatic heterocycles. The van der Waals surface area contributed by atoms with Gasteiger partial charge in [-0.2, -0.15) is 0 Å². The molecule has 7 heteroatoms. The van der Waals surface area contributed by atoms with Gasteiger partial charge in [-0.15, -0.1) is 0 Å². The number of nitrogens with one attached hydrogen (secondary N) is 1. The van der Waals surface area contributed by atoms with Crippen molar-refractivity contribution in [3.63, 3.8) is 0 Å². The summed E-state index contributed by atoms with van der Waals surface area (Å²) in [5.74, 6) is 0.669. The summed E-state index contributed by atoms with van der Waals surface area (Å²) in [5.41, 5.74) is 1.35. The van der Waals surface area contributed by atoms with Crippen molar-refractivity contribution in [2.45, 2.75) is 11.4 Å². The van der Waals surface area contributed by atoms with E-state index in [2.05, 4.69) is 5.32 Å². The fourth-order valence-corrected chi connectivity index (χ4v) is 2.41. The lowest BCUT2D eigenvalue weighted by Gasteiger charge is -2.12. The van der Waals surface area contributed by atoms with E-state index in [9.17, 15) is 13.5 Å². The van der Waals surface area contributed by atoms with Crippen LogP contribution in [0, 0.1) is 0 Å². The molecule has 6 nitrogen and oxygen atoms in total. The molecule has 0 fully saturated rings. The predicted molar refractivity (Wildman–Crippen MR) is 79.8 cm³/mol. The summed E-state index contributed by atoms with van der Waals surface area (Å²) in [4.78, 5) is 0.00158. The summed E-state index contributed by atoms with van der Waals surface area (Å²) < 4.78 is 27.9. The SMILES string of the molecule is COc1ccc(S(N)(=O)=O)cc1NCc1cccc(O)c1. The molecule has 21 heavy (non-hydrogen) atoms. The second-order valence-electron chi connectivity index (χ2n) is 4.43. The second-order valence-corrected chi connectivity index (χ2v) is 5.99. The van der Waals surface area contributed by atoms with Crippen LogP contribution in [-0.2, 0) is 16.6 Å². The summed E-state index contributed by atoms with van der Waals surface area (Å²) in [5, 5.41) is 17.6. The van der Waals surface area contributed by atoms with Gasteiger partial charge in [0.2, 0.25) is 10.0 Å². The Labute approximate surface area is 123 Å². The van der Waals surface area contributed by atoms with Crippen molar-refractivity contribution in [1.82, 2.24) is 0 Å². The van der Waals surface area contributed by atoms with E-state index in [1.54, 1.807) is 18.2 Å². The van der Waals surface area contributed by atoms with E-state index < -0.39 is 10.0 Å². The van der Waals surface area contributed by atoms with E-state index in [4.69, 9.17) is 9.88 Å². The lowest BCUT2D eigenvalue weighted by atomic mass is 10.2. The summed E-state index contributed by atoms with van der Waals surface area (Å²) in [6, 6.07) is 11.1. The van der Waals surface area contributed by atoms with Crippen LogP contribution >= 0.6 is 0 Å². The van der Waals surface area contributed by atoms with E-state index in [0.29, 0.717) is 18.0 Å². The number of benzene rings is 2. The molecular weight excluding hydrogens is 292 g/mol. The number of hydrogen-bond acceptors (Lipinski definition) is 5. The molecule has 2 rings (SSSR count). The van der Waals surface area contributed by atoms with Gasteiger partial charge in [0, 0.05) is 6.54 Å². The summed E-state index contributed by atoms with van der Waals surface area (Å²) in [7, 11) is -2.28. The van der Waals surface area contributed by atoms with Gasteiger partial charge >= 0.3 is 0 Å². The fraction of sp³-hybridized carbons (Fsp3) is 0.143. The maximum atomic E-state index is 11.4. The Morgan fingerprint density at radius 1 is 1.24 bits per heavy atom. The third-order valence-electron chi connectivity index (χ3n) is 2.89. The molecule has 0 aliphatic heterocycles. The number of sulfonamides is 1. The first-order valence-corrected chi connectivity index (χ1v) is 7.67. The van der Waals surface area contributed by atoms with Gasteiger partial charge in [0.15, 0.2) is 0 Å². The molecule has 0 atom stereocenters. The predicted octanol–water partition coefficient (Wildman–Crippen LogP) is 1.66. The number of rotatable bonds is 5. The third-order valence-corrected chi connectivity index (χ3v) is 3.80. The molecule has 4 N–H and O–H groups in total. The smallest absolute Gasteiger partial charge is 0.238 e. The zero-order valence-electron chi connectivity index (χ0n) is 11.4. The maximum absolute atomic E-state index is 11.4. The number of phenolic OH excluding ortho intramolecular Hbond substituents is 1. The minimum atomic E-state index is -3.78. The van der Waals surface area contributed by atoms with Crippen molar-refractivity contribution >= 4 is 15.7 Å². The maximum Gasteiger partial charge on any atom is 0.238 e. The van der Waals surface area contributed by atoms with Gasteiger partial charge in [-0.25, -0.2) is 13.6 Å². The van der Waals surface area contributed by atoms with Crippen LogP contribution in [0.15, 0.2) is 47.4 Å². The van der Waals surface area contributed by atoms with Crippen LogP contribution in [0.1, 0.15) is 5.56 Å². The van der Waals surface area contributed by atoms with Gasteiger partial charge in [0.05, 0.1) is 17.7 Å². The number of primary sulfonamides is 1. The number of nitrogens with two attached hydrogens (primary N) is 1. The minimum Gasteiger partial charge on any atom is -0.508 e. The van der Waals surface area contributed by atoms with Crippen molar-refractivity contribution in [2.24, 2.45) is 5.14 Å². The number of hydrogen-bond donors (Lipinski definition) is 3. The highest BCUT2D eigenvalue weighted by atomic mass is 32.2. The van der Waals surface area contributed by atoms with Gasteiger partial charge < -0.3 is 15.2 Å². The van der Waals surface area contributed by atoms with Crippen LogP contribution in [0.5, 0.6) is 11.5 Å². The Kier molecular flexibility index (Phi) is 4.35. The molecule has 2 aromatic rings. The molecule has 0 spiro atoms. The molecule has 0 radical (unpaired) electrons. The Morgan fingerprint density at radius 3 is 2.62 bits per heavy atom. The number of methoxy groups -OCH3 is 1. The van der Waals surface area contributed by atoms with Crippen molar-refractivity contribution in [3.8, 4) is 11.5 Å². The molecule has 112 valence electrons. The highest BCUT2D eigenvalue weighted by Gasteiger charge is 2.12. The molecule has 0 unspecified atom stereocenters. The fourth-order valence-electron chi connectivity index (χ4n) is 1.87. The van der Waals surface area contributed by atoms with E-state index in [1.165, 1.54) is 25.3 Å². The van der Waals surface area contributed by atoms with Crippen molar-refractivity contribution in [3.05, 3.63) is 48.0 Å². The van der Waals surface area contributed by atoms with E-state index in [1.807, 2.05) is 6.07 Å². The summed E-state index contributed by atoms with van der Waals surface area (Å²) in [6.45, 7) is 0.402. The Bertz CT molecular complexity index is 744. The molecule has 0 bridgehead atoms. The van der Waals surface area contributed by atoms with Crippen molar-refractivity contribution < 1.29 is 18.3 Å². The molecule has 0 saturated carbocycles. The van der Waals surface area contributed by atoms with Crippen LogP contribution in [-0.4, -0.2) is 20.6 Å². The summed E-state index contributed by atoms with van der Waals surface area (Å²) >= 11 is 0. The molecule has 0 heterocycles. The average molecular weight is 308 g/mol. The number of anilines is 1. The van der Waals surface area contributed by atoms with Crippen LogP contribution in [0.4, 0.5) is 5.69 Å². The largest absolute Gasteiger partial charge is 0.508 e. The number of aromatic hydroxyl groups is 1. The zero-order valence-corrected chi connectivity index (χ0v) is 12.2. The van der Waals surface area contributed by atoms with Gasteiger partial charge in [-0.1, -0.05) is 12.1 Å². The molecule has 0 saturated heterocycles. The van der Waals surface area contributed by atoms with E-state index in [-0.39, 0.29) is 10.6 Å². The first-order valence-electron chi connectivity index (χ1n) is 6.13. The van der Waals surface area contributed by atoms with Gasteiger partial charge in [0.1, 0.15) is 11.5 Å². The van der Waals surface area contributed by atoms with Gasteiger partial charge in [-0.3, -0.25) is 0 Å². The molecule has 0 aliphatic carbocycles. The average Bonchev–Trinajstić information content (AvgIpc) is 2.44. The molecular formula is C14H16N2O4S. The molecule has 2 aromatic carbocycles. The lowest BCUT2D eigenvalue weighted by molar-refractivity contribution is 0.416. The Balaban J connectivity index is 2.25. The second kappa shape index (κ2) is 6.02. The molecule has 0 amide bonds. The Hall–Kier alpha value is -2.25. The van der Waals surface area contributed by atoms with Crippen molar-refractivity contribution in [1.29, 1.82) is 0 Å². The highest BCUT2D eigenvalue weighted by Crippen LogP contribution is 2.27. The lowest BCUT2D eigenvalue weighted by Crippen LogP contribution is -2.12. The highest BCUT2D eigenvalue weighted by molar-refractivity contribution is 7.89. The minimum absolute atomic E-state index is 0.00158. The normalized spacial score (nSPS) is 11.1. The van der Waals surface area contributed by atoms with Crippen LogP contribution < -0.4 is 15.2 Å². The van der Waals surface area contributed by atoms with Gasteiger partial charge in [0.25, 0.3) is 0 Å². The topological polar surface area (TPSA) is 102 Å². The monoisotopic (exact) mass is 308 g/mol. The number of ether oxygens (including phenoxy) is 1. The van der Waals surface area contributed by atoms with E-state index in [0.717, 1.165) is 5.56 Å².